The summed E-state index contributed by atoms with van der Waals surface area (Å²) in [5.74, 6) is 0.617. The molecule has 7 nitrogen and oxygen atoms in total. The second-order valence-corrected chi connectivity index (χ2v) is 6.15. The molecule has 140 valence electrons. The zero-order chi connectivity index (χ0) is 19.2. The number of fused-ring (bicyclic) bond motifs is 1. The first kappa shape index (κ1) is 18.5. The van der Waals surface area contributed by atoms with Crippen LogP contribution in [0.15, 0.2) is 65.6 Å². The van der Waals surface area contributed by atoms with Gasteiger partial charge in [-0.05, 0) is 35.2 Å². The molecule has 0 aliphatic carbocycles. The van der Waals surface area contributed by atoms with Crippen LogP contribution in [0.4, 0.5) is 4.79 Å². The van der Waals surface area contributed by atoms with E-state index >= 15 is 0 Å². The molecule has 0 radical (unpaired) electrons. The number of primary amides is 1. The number of urea groups is 1. The van der Waals surface area contributed by atoms with E-state index in [1.54, 1.807) is 29.0 Å². The molecule has 3 rings (SSSR count). The van der Waals surface area contributed by atoms with Crippen LogP contribution in [0.5, 0.6) is 5.75 Å². The van der Waals surface area contributed by atoms with Gasteiger partial charge in [0.1, 0.15) is 5.75 Å². The van der Waals surface area contributed by atoms with Crippen molar-refractivity contribution < 1.29 is 14.7 Å². The third-order valence-electron chi connectivity index (χ3n) is 4.18. The Morgan fingerprint density at radius 1 is 1.15 bits per heavy atom. The van der Waals surface area contributed by atoms with Crippen LogP contribution < -0.4 is 16.0 Å². The van der Waals surface area contributed by atoms with Crippen LogP contribution in [0.1, 0.15) is 12.0 Å². The summed E-state index contributed by atoms with van der Waals surface area (Å²) in [4.78, 5) is 23.4. The predicted octanol–water partition coefficient (Wildman–Crippen LogP) is 2.59. The van der Waals surface area contributed by atoms with Crippen molar-refractivity contribution in [3.05, 3.63) is 76.7 Å². The summed E-state index contributed by atoms with van der Waals surface area (Å²) in [5.41, 5.74) is 5.94. The first-order chi connectivity index (χ1) is 13.0. The average Bonchev–Trinajstić information content (AvgIpc) is 2.68. The zero-order valence-corrected chi connectivity index (χ0v) is 14.7. The van der Waals surface area contributed by atoms with Gasteiger partial charge in [-0.2, -0.15) is 0 Å². The fourth-order valence-corrected chi connectivity index (χ4v) is 2.78. The van der Waals surface area contributed by atoms with Gasteiger partial charge in [0.2, 0.25) is 0 Å². The fraction of sp³-hybridized carbons (Fsp3) is 0.200. The van der Waals surface area contributed by atoms with Crippen molar-refractivity contribution in [1.82, 2.24) is 9.63 Å². The Bertz CT molecular complexity index is 985. The molecule has 2 amide bonds. The normalized spacial score (nSPS) is 10.7. The largest absolute Gasteiger partial charge is 0.494 e. The summed E-state index contributed by atoms with van der Waals surface area (Å²) in [6, 6.07) is 16.1. The number of rotatable bonds is 7. The molecule has 0 spiro atoms. The molecule has 0 aliphatic heterocycles. The highest BCUT2D eigenvalue weighted by atomic mass is 16.5. The molecule has 1 aromatic heterocycles. The highest BCUT2D eigenvalue weighted by molar-refractivity contribution is 5.82. The molecule has 3 N–H and O–H groups in total. The molecule has 7 heteroatoms. The topological polar surface area (TPSA) is 97.8 Å². The Labute approximate surface area is 156 Å². The van der Waals surface area contributed by atoms with Crippen LogP contribution in [0, 0.1) is 0 Å². The second kappa shape index (κ2) is 8.37. The van der Waals surface area contributed by atoms with Crippen LogP contribution in [-0.2, 0) is 6.54 Å². The molecule has 0 unspecified atom stereocenters. The molecule has 0 bridgehead atoms. The van der Waals surface area contributed by atoms with Crippen molar-refractivity contribution in [2.75, 3.05) is 13.2 Å². The van der Waals surface area contributed by atoms with Gasteiger partial charge < -0.3 is 15.0 Å². The number of hydroxylamine groups is 2. The molecular formula is C20H21N3O4. The van der Waals surface area contributed by atoms with Crippen LogP contribution in [0.2, 0.25) is 0 Å². The predicted molar refractivity (Wildman–Crippen MR) is 102 cm³/mol. The summed E-state index contributed by atoms with van der Waals surface area (Å²) < 4.78 is 7.29. The average molecular weight is 367 g/mol. The van der Waals surface area contributed by atoms with Gasteiger partial charge in [-0.25, -0.2) is 9.86 Å². The molecule has 3 aromatic rings. The molecule has 1 heterocycles. The lowest BCUT2D eigenvalue weighted by molar-refractivity contribution is -0.0418. The number of ether oxygens (including phenoxy) is 1. The van der Waals surface area contributed by atoms with Gasteiger partial charge in [-0.3, -0.25) is 10.0 Å². The fourth-order valence-electron chi connectivity index (χ4n) is 2.78. The van der Waals surface area contributed by atoms with E-state index in [-0.39, 0.29) is 12.1 Å². The Hall–Kier alpha value is -3.32. The Balaban J connectivity index is 1.68. The number of pyridine rings is 1. The molecule has 0 aliphatic rings. The monoisotopic (exact) mass is 367 g/mol. The number of amides is 2. The highest BCUT2D eigenvalue weighted by Crippen LogP contribution is 2.19. The van der Waals surface area contributed by atoms with E-state index in [0.717, 1.165) is 10.9 Å². The quantitative estimate of drug-likeness (QED) is 0.381. The minimum absolute atomic E-state index is 0.0553. The number of hydrogen-bond acceptors (Lipinski definition) is 4. The summed E-state index contributed by atoms with van der Waals surface area (Å²) >= 11 is 0. The minimum Gasteiger partial charge on any atom is -0.494 e. The number of hydrogen-bond donors (Lipinski definition) is 2. The van der Waals surface area contributed by atoms with E-state index in [4.69, 9.17) is 10.5 Å². The van der Waals surface area contributed by atoms with Gasteiger partial charge in [-0.15, -0.1) is 0 Å². The van der Waals surface area contributed by atoms with Gasteiger partial charge in [0, 0.05) is 18.0 Å². The first-order valence-corrected chi connectivity index (χ1v) is 8.60. The third-order valence-corrected chi connectivity index (χ3v) is 4.18. The zero-order valence-electron chi connectivity index (χ0n) is 14.7. The summed E-state index contributed by atoms with van der Waals surface area (Å²) in [6.07, 6.45) is 2.20. The molecule has 0 atom stereocenters. The number of nitrogens with zero attached hydrogens (tertiary/aromatic N) is 2. The molecule has 27 heavy (non-hydrogen) atoms. The lowest BCUT2D eigenvalue weighted by Gasteiger charge is -2.12. The van der Waals surface area contributed by atoms with Gasteiger partial charge in [0.25, 0.3) is 5.56 Å². The smallest absolute Gasteiger partial charge is 0.338 e. The van der Waals surface area contributed by atoms with E-state index < -0.39 is 6.03 Å². The number of benzene rings is 2. The van der Waals surface area contributed by atoms with Gasteiger partial charge >= 0.3 is 6.03 Å². The van der Waals surface area contributed by atoms with E-state index in [1.807, 2.05) is 36.4 Å². The molecule has 0 fully saturated rings. The van der Waals surface area contributed by atoms with Crippen LogP contribution in [-0.4, -0.2) is 34.0 Å². The van der Waals surface area contributed by atoms with Gasteiger partial charge in [-0.1, -0.05) is 30.3 Å². The van der Waals surface area contributed by atoms with Crippen molar-refractivity contribution in [3.8, 4) is 5.75 Å². The lowest BCUT2D eigenvalue weighted by atomic mass is 10.1. The van der Waals surface area contributed by atoms with E-state index in [1.165, 1.54) is 0 Å². The standard InChI is InChI=1S/C20H21N3O4/c21-20(25)23(26)10-4-12-27-17-7-8-18-16(13-17)9-11-22(19(18)24)14-15-5-2-1-3-6-15/h1-3,5-9,11,13,26H,4,10,12,14H2,(H2,21,25). The lowest BCUT2D eigenvalue weighted by Crippen LogP contribution is -2.33. The number of carbonyl (C=O) groups excluding carboxylic acids is 1. The third kappa shape index (κ3) is 4.65. The Morgan fingerprint density at radius 2 is 1.93 bits per heavy atom. The first-order valence-electron chi connectivity index (χ1n) is 8.60. The number of aromatic nitrogens is 1. The Kier molecular flexibility index (Phi) is 5.73. The van der Waals surface area contributed by atoms with Crippen LogP contribution >= 0.6 is 0 Å². The molecule has 0 saturated heterocycles. The van der Waals surface area contributed by atoms with E-state index in [2.05, 4.69) is 0 Å². The maximum absolute atomic E-state index is 12.7. The minimum atomic E-state index is -0.896. The van der Waals surface area contributed by atoms with E-state index in [9.17, 15) is 14.8 Å². The van der Waals surface area contributed by atoms with Crippen molar-refractivity contribution in [3.63, 3.8) is 0 Å². The summed E-state index contributed by atoms with van der Waals surface area (Å²) in [6.45, 7) is 0.916. The molecular weight excluding hydrogens is 346 g/mol. The molecule has 2 aromatic carbocycles. The Morgan fingerprint density at radius 3 is 2.67 bits per heavy atom. The van der Waals surface area contributed by atoms with Crippen LogP contribution in [0.25, 0.3) is 10.8 Å². The summed E-state index contributed by atoms with van der Waals surface area (Å²) in [7, 11) is 0. The van der Waals surface area contributed by atoms with Crippen molar-refractivity contribution in [2.24, 2.45) is 5.73 Å². The highest BCUT2D eigenvalue weighted by Gasteiger charge is 2.07. The van der Waals surface area contributed by atoms with Gasteiger partial charge in [0.05, 0.1) is 19.7 Å². The van der Waals surface area contributed by atoms with Crippen molar-refractivity contribution >= 4 is 16.8 Å². The van der Waals surface area contributed by atoms with Crippen LogP contribution in [0.3, 0.4) is 0 Å². The number of nitrogens with two attached hydrogens (primary N) is 1. The van der Waals surface area contributed by atoms with Crippen molar-refractivity contribution in [2.45, 2.75) is 13.0 Å². The maximum atomic E-state index is 12.7. The SMILES string of the molecule is NC(=O)N(O)CCCOc1ccc2c(=O)n(Cc3ccccc3)ccc2c1. The summed E-state index contributed by atoms with van der Waals surface area (Å²) in [5, 5.41) is 11.1. The second-order valence-electron chi connectivity index (χ2n) is 6.15. The number of carbonyl (C=O) groups is 1. The van der Waals surface area contributed by atoms with E-state index in [0.29, 0.717) is 35.8 Å². The molecule has 0 saturated carbocycles. The maximum Gasteiger partial charge on any atom is 0.338 e. The van der Waals surface area contributed by atoms with Gasteiger partial charge in [0.15, 0.2) is 0 Å². The van der Waals surface area contributed by atoms with Crippen molar-refractivity contribution in [1.29, 1.82) is 0 Å².